The van der Waals surface area contributed by atoms with E-state index in [1.54, 1.807) is 13.2 Å². The van der Waals surface area contributed by atoms with Crippen LogP contribution in [0.5, 0.6) is 5.75 Å². The molecule has 0 fully saturated rings. The lowest BCUT2D eigenvalue weighted by molar-refractivity contribution is 0.408. The largest absolute Gasteiger partial charge is 0.496 e. The molecule has 0 amide bonds. The van der Waals surface area contributed by atoms with Gasteiger partial charge in [-0.1, -0.05) is 17.7 Å². The summed E-state index contributed by atoms with van der Waals surface area (Å²) in [5, 5.41) is 0.660. The molecule has 74 valence electrons. The SMILES string of the molecule is COc1cccc(Cl)c1CNN.Cl. The minimum atomic E-state index is 0. The third-order valence-electron chi connectivity index (χ3n) is 1.57. The number of benzene rings is 1. The fourth-order valence-corrected chi connectivity index (χ4v) is 1.24. The summed E-state index contributed by atoms with van der Waals surface area (Å²) in [6.07, 6.45) is 0. The van der Waals surface area contributed by atoms with Crippen LogP contribution in [0.15, 0.2) is 18.2 Å². The van der Waals surface area contributed by atoms with E-state index in [1.807, 2.05) is 12.1 Å². The maximum absolute atomic E-state index is 5.91. The second-order valence-electron chi connectivity index (χ2n) is 2.30. The summed E-state index contributed by atoms with van der Waals surface area (Å²) in [5.74, 6) is 5.94. The van der Waals surface area contributed by atoms with Crippen LogP contribution in [0.3, 0.4) is 0 Å². The molecule has 3 N–H and O–H groups in total. The lowest BCUT2D eigenvalue weighted by Gasteiger charge is -2.08. The van der Waals surface area contributed by atoms with Crippen LogP contribution in [0.2, 0.25) is 5.02 Å². The highest BCUT2D eigenvalue weighted by atomic mass is 35.5. The zero-order chi connectivity index (χ0) is 8.97. The maximum Gasteiger partial charge on any atom is 0.124 e. The molecule has 0 spiro atoms. The molecule has 0 heterocycles. The van der Waals surface area contributed by atoms with Crippen LogP contribution in [0.25, 0.3) is 0 Å². The van der Waals surface area contributed by atoms with Gasteiger partial charge in [-0.05, 0) is 12.1 Å². The first kappa shape index (κ1) is 12.5. The highest BCUT2D eigenvalue weighted by molar-refractivity contribution is 6.31. The molecule has 0 unspecified atom stereocenters. The van der Waals surface area contributed by atoms with E-state index >= 15 is 0 Å². The second-order valence-corrected chi connectivity index (χ2v) is 2.71. The van der Waals surface area contributed by atoms with E-state index in [0.717, 1.165) is 11.3 Å². The highest BCUT2D eigenvalue weighted by Gasteiger charge is 2.05. The first-order chi connectivity index (χ1) is 5.79. The summed E-state index contributed by atoms with van der Waals surface area (Å²) >= 11 is 5.91. The van der Waals surface area contributed by atoms with Crippen molar-refractivity contribution in [1.29, 1.82) is 0 Å². The van der Waals surface area contributed by atoms with Crippen LogP contribution in [-0.2, 0) is 6.54 Å². The van der Waals surface area contributed by atoms with E-state index in [0.29, 0.717) is 11.6 Å². The minimum Gasteiger partial charge on any atom is -0.496 e. The van der Waals surface area contributed by atoms with Crippen molar-refractivity contribution in [2.75, 3.05) is 7.11 Å². The molecule has 0 aliphatic heterocycles. The van der Waals surface area contributed by atoms with Crippen molar-refractivity contribution in [1.82, 2.24) is 5.43 Å². The van der Waals surface area contributed by atoms with Gasteiger partial charge in [-0.25, -0.2) is 0 Å². The van der Waals surface area contributed by atoms with Crippen molar-refractivity contribution in [2.45, 2.75) is 6.54 Å². The molecule has 0 saturated heterocycles. The fraction of sp³-hybridized carbons (Fsp3) is 0.250. The van der Waals surface area contributed by atoms with Gasteiger partial charge in [0, 0.05) is 17.1 Å². The van der Waals surface area contributed by atoms with Gasteiger partial charge >= 0.3 is 0 Å². The highest BCUT2D eigenvalue weighted by Crippen LogP contribution is 2.25. The first-order valence-corrected chi connectivity index (χ1v) is 3.92. The molecule has 1 aromatic rings. The van der Waals surface area contributed by atoms with E-state index in [9.17, 15) is 0 Å². The van der Waals surface area contributed by atoms with Crippen molar-refractivity contribution >= 4 is 24.0 Å². The number of hydrogen-bond donors (Lipinski definition) is 2. The molecule has 0 aliphatic carbocycles. The number of hydrazine groups is 1. The number of nitrogens with one attached hydrogen (secondary N) is 1. The number of hydrogen-bond acceptors (Lipinski definition) is 3. The van der Waals surface area contributed by atoms with Crippen molar-refractivity contribution in [3.63, 3.8) is 0 Å². The van der Waals surface area contributed by atoms with E-state index in [-0.39, 0.29) is 12.4 Å². The van der Waals surface area contributed by atoms with Crippen molar-refractivity contribution in [3.05, 3.63) is 28.8 Å². The molecular formula is C8H12Cl2N2O. The Hall–Kier alpha value is -0.480. The number of rotatable bonds is 3. The molecule has 0 radical (unpaired) electrons. The van der Waals surface area contributed by atoms with Gasteiger partial charge in [-0.2, -0.15) is 0 Å². The average molecular weight is 223 g/mol. The Balaban J connectivity index is 0.00000144. The first-order valence-electron chi connectivity index (χ1n) is 3.54. The fourth-order valence-electron chi connectivity index (χ4n) is 1.00. The van der Waals surface area contributed by atoms with Crippen LogP contribution in [0.4, 0.5) is 0 Å². The Morgan fingerprint density at radius 3 is 2.77 bits per heavy atom. The molecule has 0 atom stereocenters. The van der Waals surface area contributed by atoms with Crippen molar-refractivity contribution in [3.8, 4) is 5.75 Å². The summed E-state index contributed by atoms with van der Waals surface area (Å²) in [5.41, 5.74) is 3.41. The zero-order valence-electron chi connectivity index (χ0n) is 7.21. The molecule has 3 nitrogen and oxygen atoms in total. The van der Waals surface area contributed by atoms with Crippen LogP contribution in [0.1, 0.15) is 5.56 Å². The quantitative estimate of drug-likeness (QED) is 0.606. The number of ether oxygens (including phenoxy) is 1. The van der Waals surface area contributed by atoms with Gasteiger partial charge in [0.1, 0.15) is 5.75 Å². The van der Waals surface area contributed by atoms with E-state index in [1.165, 1.54) is 0 Å². The molecule has 0 aromatic heterocycles. The van der Waals surface area contributed by atoms with Gasteiger partial charge in [0.15, 0.2) is 0 Å². The van der Waals surface area contributed by atoms with Gasteiger partial charge < -0.3 is 4.74 Å². The Kier molecular flexibility index (Phi) is 5.82. The predicted molar refractivity (Wildman–Crippen MR) is 56.3 cm³/mol. The molecule has 1 rings (SSSR count). The van der Waals surface area contributed by atoms with E-state index < -0.39 is 0 Å². The summed E-state index contributed by atoms with van der Waals surface area (Å²) in [4.78, 5) is 0. The lowest BCUT2D eigenvalue weighted by atomic mass is 10.2. The number of methoxy groups -OCH3 is 1. The molecule has 0 aliphatic rings. The van der Waals surface area contributed by atoms with Gasteiger partial charge in [0.25, 0.3) is 0 Å². The normalized spacial score (nSPS) is 9.15. The van der Waals surface area contributed by atoms with Gasteiger partial charge in [-0.15, -0.1) is 12.4 Å². The smallest absolute Gasteiger partial charge is 0.124 e. The van der Waals surface area contributed by atoms with Gasteiger partial charge in [0.2, 0.25) is 0 Å². The summed E-state index contributed by atoms with van der Waals surface area (Å²) in [6.45, 7) is 0.503. The van der Waals surface area contributed by atoms with Crippen molar-refractivity contribution < 1.29 is 4.74 Å². The number of nitrogens with two attached hydrogens (primary N) is 1. The summed E-state index contributed by atoms with van der Waals surface area (Å²) in [7, 11) is 1.60. The van der Waals surface area contributed by atoms with Gasteiger partial charge in [-0.3, -0.25) is 11.3 Å². The predicted octanol–water partition coefficient (Wildman–Crippen LogP) is 1.73. The van der Waals surface area contributed by atoms with E-state index in [2.05, 4.69) is 5.43 Å². The topological polar surface area (TPSA) is 47.3 Å². The zero-order valence-corrected chi connectivity index (χ0v) is 8.78. The third kappa shape index (κ3) is 3.04. The summed E-state index contributed by atoms with van der Waals surface area (Å²) < 4.78 is 5.10. The average Bonchev–Trinajstić information content (AvgIpc) is 2.09. The standard InChI is InChI=1S/C8H11ClN2O.ClH/c1-12-8-4-2-3-7(9)6(8)5-11-10;/h2-4,11H,5,10H2,1H3;1H. The number of halogens is 2. The molecule has 1 aromatic carbocycles. The van der Waals surface area contributed by atoms with Crippen LogP contribution in [-0.4, -0.2) is 7.11 Å². The molecule has 5 heteroatoms. The maximum atomic E-state index is 5.91. The van der Waals surface area contributed by atoms with Crippen LogP contribution >= 0.6 is 24.0 Å². The van der Waals surface area contributed by atoms with E-state index in [4.69, 9.17) is 22.2 Å². The molecule has 13 heavy (non-hydrogen) atoms. The monoisotopic (exact) mass is 222 g/mol. The Morgan fingerprint density at radius 2 is 2.23 bits per heavy atom. The van der Waals surface area contributed by atoms with Crippen LogP contribution < -0.4 is 16.0 Å². The molecule has 0 saturated carbocycles. The lowest BCUT2D eigenvalue weighted by Crippen LogP contribution is -2.21. The molecular weight excluding hydrogens is 211 g/mol. The Bertz CT molecular complexity index is 268. The molecule has 0 bridgehead atoms. The van der Waals surface area contributed by atoms with Crippen molar-refractivity contribution in [2.24, 2.45) is 5.84 Å². The Morgan fingerprint density at radius 1 is 1.54 bits per heavy atom. The Labute approximate surface area is 88.6 Å². The third-order valence-corrected chi connectivity index (χ3v) is 1.93. The summed E-state index contributed by atoms with van der Waals surface area (Å²) in [6, 6.07) is 5.48. The minimum absolute atomic E-state index is 0. The van der Waals surface area contributed by atoms with Crippen LogP contribution in [0, 0.1) is 0 Å². The second kappa shape index (κ2) is 6.05. The van der Waals surface area contributed by atoms with Gasteiger partial charge in [0.05, 0.1) is 7.11 Å².